The van der Waals surface area contributed by atoms with E-state index in [0.29, 0.717) is 23.7 Å². The quantitative estimate of drug-likeness (QED) is 0.300. The van der Waals surface area contributed by atoms with Crippen molar-refractivity contribution in [1.82, 2.24) is 0 Å². The molecule has 6 rings (SSSR count). The van der Waals surface area contributed by atoms with Gasteiger partial charge in [0.25, 0.3) is 0 Å². The molecule has 0 amide bonds. The number of aliphatic carboxylic acids is 2. The number of hydrogen-bond donors (Lipinski definition) is 5. The minimum Gasteiger partial charge on any atom is -0.481 e. The molecule has 0 aromatic heterocycles. The van der Waals surface area contributed by atoms with E-state index in [4.69, 9.17) is 4.74 Å². The predicted molar refractivity (Wildman–Crippen MR) is 155 cm³/mol. The van der Waals surface area contributed by atoms with Crippen molar-refractivity contribution in [3.05, 3.63) is 11.6 Å². The predicted octanol–water partition coefficient (Wildman–Crippen LogP) is 4.64. The van der Waals surface area contributed by atoms with E-state index in [9.17, 15) is 35.1 Å². The highest BCUT2D eigenvalue weighted by molar-refractivity contribution is 5.76. The normalized spacial score (nSPS) is 53.4. The van der Waals surface area contributed by atoms with Crippen molar-refractivity contribution in [2.75, 3.05) is 0 Å². The average molecular weight is 589 g/mol. The molecule has 5 fully saturated rings. The van der Waals surface area contributed by atoms with Crippen LogP contribution in [0.15, 0.2) is 11.6 Å². The maximum atomic E-state index is 12.7. The van der Waals surface area contributed by atoms with E-state index < -0.39 is 47.9 Å². The van der Waals surface area contributed by atoms with Gasteiger partial charge in [-0.05, 0) is 116 Å². The summed E-state index contributed by atoms with van der Waals surface area (Å²) in [5.41, 5.74) is 0.666. The van der Waals surface area contributed by atoms with Crippen LogP contribution in [0.25, 0.3) is 0 Å². The first-order chi connectivity index (χ1) is 19.6. The Balaban J connectivity index is 1.30. The van der Waals surface area contributed by atoms with Crippen LogP contribution in [0.4, 0.5) is 0 Å². The largest absolute Gasteiger partial charge is 0.481 e. The summed E-state index contributed by atoms with van der Waals surface area (Å²) in [4.78, 5) is 24.6. The van der Waals surface area contributed by atoms with Crippen molar-refractivity contribution >= 4 is 11.9 Å². The van der Waals surface area contributed by atoms with Crippen molar-refractivity contribution in [2.24, 2.45) is 57.2 Å². The molecule has 0 bridgehead atoms. The summed E-state index contributed by atoms with van der Waals surface area (Å²) >= 11 is 0. The molecule has 0 spiro atoms. The first kappa shape index (κ1) is 30.5. The molecule has 0 radical (unpaired) electrons. The molecule has 0 aromatic rings. The van der Waals surface area contributed by atoms with Crippen LogP contribution in [0.1, 0.15) is 98.8 Å². The number of aliphatic hydroxyl groups excluding tert-OH is 3. The molecule has 1 saturated heterocycles. The van der Waals surface area contributed by atoms with Gasteiger partial charge in [0, 0.05) is 0 Å². The Labute approximate surface area is 249 Å². The van der Waals surface area contributed by atoms with Crippen LogP contribution < -0.4 is 0 Å². The van der Waals surface area contributed by atoms with Crippen molar-refractivity contribution in [3.63, 3.8) is 0 Å². The van der Waals surface area contributed by atoms with E-state index in [-0.39, 0.29) is 28.1 Å². The summed E-state index contributed by atoms with van der Waals surface area (Å²) in [6, 6.07) is 0. The van der Waals surface area contributed by atoms with Crippen LogP contribution in [0, 0.1) is 57.2 Å². The van der Waals surface area contributed by atoms with E-state index in [1.165, 1.54) is 5.57 Å². The molecule has 14 unspecified atom stereocenters. The Bertz CT molecular complexity index is 1150. The molecule has 5 N–H and O–H groups in total. The summed E-state index contributed by atoms with van der Waals surface area (Å²) in [5.74, 6) is -0.226. The Morgan fingerprint density at radius 3 is 2.14 bits per heavy atom. The fourth-order valence-electron chi connectivity index (χ4n) is 12.2. The van der Waals surface area contributed by atoms with E-state index in [2.05, 4.69) is 40.7 Å². The van der Waals surface area contributed by atoms with Gasteiger partial charge in [-0.25, -0.2) is 4.79 Å². The third-order valence-electron chi connectivity index (χ3n) is 14.4. The molecule has 14 atom stereocenters. The van der Waals surface area contributed by atoms with Gasteiger partial charge in [-0.15, -0.1) is 0 Å². The van der Waals surface area contributed by atoms with Crippen LogP contribution in [0.3, 0.4) is 0 Å². The highest BCUT2D eigenvalue weighted by Gasteiger charge is 2.66. The molecular formula is C34H52O8. The van der Waals surface area contributed by atoms with Crippen LogP contribution in [0.5, 0.6) is 0 Å². The van der Waals surface area contributed by atoms with Crippen LogP contribution in [-0.2, 0) is 14.3 Å². The summed E-state index contributed by atoms with van der Waals surface area (Å²) < 4.78 is 5.90. The highest BCUT2D eigenvalue weighted by atomic mass is 16.6. The average Bonchev–Trinajstić information content (AvgIpc) is 2.91. The van der Waals surface area contributed by atoms with Gasteiger partial charge in [0.1, 0.15) is 18.3 Å². The maximum absolute atomic E-state index is 12.7. The molecule has 4 saturated carbocycles. The number of fused-ring (bicyclic) bond motifs is 7. The number of aliphatic hydroxyl groups is 3. The SMILES string of the molecule is CC1CCC2(C(=O)O)CCC3C(=CCC4C3(C)CCC3C(C)(C)C(C5OC(C(=O)O)C(O)C(O)C5O)CCC34C)C2C1. The van der Waals surface area contributed by atoms with Gasteiger partial charge >= 0.3 is 11.9 Å². The Morgan fingerprint density at radius 1 is 0.810 bits per heavy atom. The van der Waals surface area contributed by atoms with Crippen molar-refractivity contribution in [2.45, 2.75) is 129 Å². The lowest BCUT2D eigenvalue weighted by atomic mass is 9.36. The molecule has 0 aromatic carbocycles. The summed E-state index contributed by atoms with van der Waals surface area (Å²) in [5, 5.41) is 52.0. The first-order valence-corrected chi connectivity index (χ1v) is 16.5. The second-order valence-corrected chi connectivity index (χ2v) is 16.4. The summed E-state index contributed by atoms with van der Waals surface area (Å²) in [7, 11) is 0. The van der Waals surface area contributed by atoms with Crippen LogP contribution >= 0.6 is 0 Å². The Kier molecular flexibility index (Phi) is 7.28. The molecule has 236 valence electrons. The van der Waals surface area contributed by atoms with Gasteiger partial charge in [0.05, 0.1) is 11.5 Å². The number of carbonyl (C=O) groups is 2. The summed E-state index contributed by atoms with van der Waals surface area (Å²) in [6.45, 7) is 11.7. The first-order valence-electron chi connectivity index (χ1n) is 16.5. The van der Waals surface area contributed by atoms with Gasteiger partial charge in [-0.3, -0.25) is 4.79 Å². The van der Waals surface area contributed by atoms with Crippen LogP contribution in [-0.4, -0.2) is 68.0 Å². The van der Waals surface area contributed by atoms with E-state index >= 15 is 0 Å². The summed E-state index contributed by atoms with van der Waals surface area (Å²) in [6.07, 6.45) is 4.61. The third kappa shape index (κ3) is 4.06. The number of ether oxygens (including phenoxy) is 1. The zero-order valence-electron chi connectivity index (χ0n) is 26.0. The second-order valence-electron chi connectivity index (χ2n) is 16.4. The van der Waals surface area contributed by atoms with Crippen molar-refractivity contribution in [1.29, 1.82) is 0 Å². The van der Waals surface area contributed by atoms with Gasteiger partial charge in [-0.1, -0.05) is 46.3 Å². The number of carboxylic acid groups (broad SMARTS) is 2. The maximum Gasteiger partial charge on any atom is 0.335 e. The number of allylic oxidation sites excluding steroid dienone is 2. The Morgan fingerprint density at radius 2 is 1.48 bits per heavy atom. The topological polar surface area (TPSA) is 145 Å². The molecule has 8 heteroatoms. The number of carboxylic acids is 2. The third-order valence-corrected chi connectivity index (χ3v) is 14.4. The van der Waals surface area contributed by atoms with Gasteiger partial charge in [0.15, 0.2) is 6.10 Å². The van der Waals surface area contributed by atoms with Crippen molar-refractivity contribution in [3.8, 4) is 0 Å². The lowest BCUT2D eigenvalue weighted by Crippen LogP contribution is -2.66. The zero-order valence-corrected chi connectivity index (χ0v) is 26.0. The fourth-order valence-corrected chi connectivity index (χ4v) is 12.2. The molecule has 1 heterocycles. The molecule has 42 heavy (non-hydrogen) atoms. The Hall–Kier alpha value is -1.48. The monoisotopic (exact) mass is 588 g/mol. The van der Waals surface area contributed by atoms with E-state index in [0.717, 1.165) is 64.2 Å². The lowest BCUT2D eigenvalue weighted by molar-refractivity contribution is -0.262. The smallest absolute Gasteiger partial charge is 0.335 e. The van der Waals surface area contributed by atoms with Crippen LogP contribution in [0.2, 0.25) is 0 Å². The molecular weight excluding hydrogens is 536 g/mol. The fraction of sp³-hybridized carbons (Fsp3) is 0.882. The van der Waals surface area contributed by atoms with Gasteiger partial charge < -0.3 is 30.3 Å². The van der Waals surface area contributed by atoms with E-state index in [1.54, 1.807) is 0 Å². The minimum absolute atomic E-state index is 0.0279. The van der Waals surface area contributed by atoms with Crippen molar-refractivity contribution < 1.29 is 39.9 Å². The molecule has 5 aliphatic carbocycles. The molecule has 8 nitrogen and oxygen atoms in total. The second kappa shape index (κ2) is 10.0. The molecule has 1 aliphatic heterocycles. The molecule has 6 aliphatic rings. The number of hydrogen-bond acceptors (Lipinski definition) is 6. The van der Waals surface area contributed by atoms with Gasteiger partial charge in [0.2, 0.25) is 0 Å². The minimum atomic E-state index is -1.67. The standard InChI is InChI=1S/C34H52O8/c1-17-8-14-34(30(40)41)15-10-19-18(21(34)16-17)6-7-23-32(19,4)13-11-22-31(2,3)20(9-12-33(22,23)5)27-25(36)24(35)26(37)28(42-27)29(38)39/h6,17,19-28,35-37H,7-16H2,1-5H3,(H,38,39)(H,40,41). The van der Waals surface area contributed by atoms with Gasteiger partial charge in [-0.2, -0.15) is 0 Å². The highest BCUT2D eigenvalue weighted by Crippen LogP contribution is 2.72. The number of rotatable bonds is 3. The zero-order chi connectivity index (χ0) is 30.6. The van der Waals surface area contributed by atoms with E-state index in [1.807, 2.05) is 0 Å². The lowest BCUT2D eigenvalue weighted by Gasteiger charge is -2.69.